The van der Waals surface area contributed by atoms with Gasteiger partial charge in [-0.25, -0.2) is 9.97 Å². The Labute approximate surface area is 121 Å². The molecule has 1 fully saturated rings. The fourth-order valence-corrected chi connectivity index (χ4v) is 2.43. The number of rotatable bonds is 3. The lowest BCUT2D eigenvalue weighted by Crippen LogP contribution is -2.54. The minimum Gasteiger partial charge on any atom is -0.480 e. The lowest BCUT2D eigenvalue weighted by Gasteiger charge is -2.32. The monoisotopic (exact) mass is 288 g/mol. The third-order valence-electron chi connectivity index (χ3n) is 3.49. The fourth-order valence-electron chi connectivity index (χ4n) is 2.43. The molecule has 0 spiro atoms. The van der Waals surface area contributed by atoms with Gasteiger partial charge in [-0.2, -0.15) is 0 Å². The second kappa shape index (κ2) is 5.53. The summed E-state index contributed by atoms with van der Waals surface area (Å²) >= 11 is 0. The molecule has 7 nitrogen and oxygen atoms in total. The number of hydrogen-bond donors (Lipinski definition) is 2. The van der Waals surface area contributed by atoms with Crippen LogP contribution in [0.15, 0.2) is 24.3 Å². The van der Waals surface area contributed by atoms with E-state index in [1.807, 2.05) is 29.2 Å². The molecule has 2 aromatic rings. The maximum absolute atomic E-state index is 11.1. The summed E-state index contributed by atoms with van der Waals surface area (Å²) in [4.78, 5) is 22.1. The van der Waals surface area contributed by atoms with Crippen LogP contribution in [0.1, 0.15) is 0 Å². The van der Waals surface area contributed by atoms with Gasteiger partial charge < -0.3 is 20.1 Å². The van der Waals surface area contributed by atoms with Crippen molar-refractivity contribution in [1.29, 1.82) is 0 Å². The minimum absolute atomic E-state index is 0.332. The summed E-state index contributed by atoms with van der Waals surface area (Å²) in [6.45, 7) is 1.57. The first-order chi connectivity index (χ1) is 10.2. The Morgan fingerprint density at radius 3 is 2.76 bits per heavy atom. The van der Waals surface area contributed by atoms with E-state index in [1.54, 1.807) is 7.11 Å². The van der Waals surface area contributed by atoms with E-state index in [4.69, 9.17) is 9.84 Å². The van der Waals surface area contributed by atoms with Gasteiger partial charge in [-0.3, -0.25) is 4.79 Å². The Balaban J connectivity index is 2.00. The highest BCUT2D eigenvalue weighted by atomic mass is 16.5. The van der Waals surface area contributed by atoms with Crippen molar-refractivity contribution in [1.82, 2.24) is 15.3 Å². The maximum Gasteiger partial charge on any atom is 0.322 e. The van der Waals surface area contributed by atoms with Crippen molar-refractivity contribution < 1.29 is 14.6 Å². The number of piperazine rings is 1. The summed E-state index contributed by atoms with van der Waals surface area (Å²) in [5.74, 6) is 0.135. The van der Waals surface area contributed by atoms with Crippen LogP contribution in [0.4, 0.5) is 5.82 Å². The van der Waals surface area contributed by atoms with Crippen LogP contribution in [0.25, 0.3) is 11.0 Å². The molecular weight excluding hydrogens is 272 g/mol. The van der Waals surface area contributed by atoms with Crippen LogP contribution in [-0.2, 0) is 4.79 Å². The number of fused-ring (bicyclic) bond motifs is 1. The first-order valence-electron chi connectivity index (χ1n) is 6.71. The lowest BCUT2D eigenvalue weighted by atomic mass is 10.2. The Bertz CT molecular complexity index is 676. The van der Waals surface area contributed by atoms with E-state index >= 15 is 0 Å². The van der Waals surface area contributed by atoms with Gasteiger partial charge in [-0.1, -0.05) is 12.1 Å². The third-order valence-corrected chi connectivity index (χ3v) is 3.49. The molecule has 1 saturated heterocycles. The quantitative estimate of drug-likeness (QED) is 0.850. The molecule has 1 aliphatic rings. The number of ether oxygens (including phenoxy) is 1. The van der Waals surface area contributed by atoms with Crippen LogP contribution in [0, 0.1) is 0 Å². The van der Waals surface area contributed by atoms with Gasteiger partial charge in [0.2, 0.25) is 0 Å². The van der Waals surface area contributed by atoms with Crippen molar-refractivity contribution in [2.45, 2.75) is 6.04 Å². The molecule has 2 heterocycles. The molecule has 2 N–H and O–H groups in total. The van der Waals surface area contributed by atoms with Crippen molar-refractivity contribution in [3.63, 3.8) is 0 Å². The Kier molecular flexibility index (Phi) is 3.57. The molecule has 110 valence electrons. The summed E-state index contributed by atoms with van der Waals surface area (Å²) in [5, 5.41) is 12.1. The number of carbonyl (C=O) groups is 1. The van der Waals surface area contributed by atoms with Crippen LogP contribution < -0.4 is 15.0 Å². The highest BCUT2D eigenvalue weighted by Crippen LogP contribution is 2.27. The number of para-hydroxylation sites is 2. The molecule has 3 rings (SSSR count). The van der Waals surface area contributed by atoms with E-state index < -0.39 is 12.0 Å². The number of aliphatic carboxylic acids is 1. The van der Waals surface area contributed by atoms with E-state index in [0.29, 0.717) is 31.3 Å². The number of hydrogen-bond acceptors (Lipinski definition) is 6. The second-order valence-corrected chi connectivity index (χ2v) is 4.84. The molecule has 21 heavy (non-hydrogen) atoms. The van der Waals surface area contributed by atoms with Crippen LogP contribution >= 0.6 is 0 Å². The lowest BCUT2D eigenvalue weighted by molar-refractivity contribution is -0.139. The maximum atomic E-state index is 11.1. The molecule has 0 bridgehead atoms. The minimum atomic E-state index is -0.868. The van der Waals surface area contributed by atoms with Crippen molar-refractivity contribution in [2.75, 3.05) is 31.6 Å². The number of aromatic nitrogens is 2. The summed E-state index contributed by atoms with van der Waals surface area (Å²) < 4.78 is 5.32. The number of methoxy groups -OCH3 is 1. The molecule has 0 aliphatic carbocycles. The van der Waals surface area contributed by atoms with Gasteiger partial charge in [0.05, 0.1) is 18.1 Å². The predicted octanol–water partition coefficient (Wildman–Crippen LogP) is 0.501. The average Bonchev–Trinajstić information content (AvgIpc) is 2.53. The first-order valence-corrected chi connectivity index (χ1v) is 6.71. The predicted molar refractivity (Wildman–Crippen MR) is 77.7 cm³/mol. The van der Waals surface area contributed by atoms with Crippen LogP contribution in [0.5, 0.6) is 5.88 Å². The zero-order valence-corrected chi connectivity index (χ0v) is 11.6. The van der Waals surface area contributed by atoms with Crippen molar-refractivity contribution in [3.05, 3.63) is 24.3 Å². The summed E-state index contributed by atoms with van der Waals surface area (Å²) in [6.07, 6.45) is 0. The molecule has 1 atom stereocenters. The van der Waals surface area contributed by atoms with Gasteiger partial charge in [0, 0.05) is 19.6 Å². The van der Waals surface area contributed by atoms with Crippen LogP contribution in [0.2, 0.25) is 0 Å². The molecular formula is C14H16N4O3. The standard InChI is InChI=1S/C14H16N4O3/c1-21-13-12(16-9-4-2-3-5-10(9)17-13)18-7-6-15-11(8-18)14(19)20/h2-5,11,15H,6-8H2,1H3,(H,19,20)/t11-/m1/s1. The molecule has 0 radical (unpaired) electrons. The number of nitrogens with one attached hydrogen (secondary N) is 1. The molecule has 1 aromatic carbocycles. The topological polar surface area (TPSA) is 87.6 Å². The number of carboxylic acid groups (broad SMARTS) is 1. The summed E-state index contributed by atoms with van der Waals surface area (Å²) in [5.41, 5.74) is 1.52. The van der Waals surface area contributed by atoms with E-state index in [9.17, 15) is 4.79 Å². The zero-order valence-electron chi connectivity index (χ0n) is 11.6. The number of benzene rings is 1. The third kappa shape index (κ3) is 2.59. The molecule has 0 amide bonds. The second-order valence-electron chi connectivity index (χ2n) is 4.84. The van der Waals surface area contributed by atoms with Crippen LogP contribution in [0.3, 0.4) is 0 Å². The molecule has 0 saturated carbocycles. The van der Waals surface area contributed by atoms with Crippen molar-refractivity contribution in [2.24, 2.45) is 0 Å². The van der Waals surface area contributed by atoms with Gasteiger partial charge in [-0.15, -0.1) is 0 Å². The SMILES string of the molecule is COc1nc2ccccc2nc1N1CCN[C@@H](C(=O)O)C1. The number of anilines is 1. The molecule has 0 unspecified atom stereocenters. The van der Waals surface area contributed by atoms with E-state index in [-0.39, 0.29) is 0 Å². The Hall–Kier alpha value is -2.41. The van der Waals surface area contributed by atoms with Gasteiger partial charge >= 0.3 is 5.97 Å². The zero-order chi connectivity index (χ0) is 14.8. The largest absolute Gasteiger partial charge is 0.480 e. The normalized spacial score (nSPS) is 18.7. The van der Waals surface area contributed by atoms with Gasteiger partial charge in [0.25, 0.3) is 5.88 Å². The molecule has 1 aliphatic heterocycles. The highest BCUT2D eigenvalue weighted by Gasteiger charge is 2.28. The highest BCUT2D eigenvalue weighted by molar-refractivity contribution is 5.78. The summed E-state index contributed by atoms with van der Waals surface area (Å²) in [6, 6.07) is 6.91. The first kappa shape index (κ1) is 13.6. The number of carboxylic acids is 1. The van der Waals surface area contributed by atoms with Crippen molar-refractivity contribution >= 4 is 22.8 Å². The van der Waals surface area contributed by atoms with Crippen LogP contribution in [-0.4, -0.2) is 53.8 Å². The average molecular weight is 288 g/mol. The van der Waals surface area contributed by atoms with Gasteiger partial charge in [-0.05, 0) is 12.1 Å². The summed E-state index contributed by atoms with van der Waals surface area (Å²) in [7, 11) is 1.54. The Morgan fingerprint density at radius 1 is 1.38 bits per heavy atom. The smallest absolute Gasteiger partial charge is 0.322 e. The van der Waals surface area contributed by atoms with E-state index in [2.05, 4.69) is 15.3 Å². The molecule has 1 aromatic heterocycles. The molecule has 7 heteroatoms. The van der Waals surface area contributed by atoms with E-state index in [0.717, 1.165) is 11.0 Å². The van der Waals surface area contributed by atoms with Gasteiger partial charge in [0.15, 0.2) is 5.82 Å². The fraction of sp³-hybridized carbons (Fsp3) is 0.357. The van der Waals surface area contributed by atoms with Gasteiger partial charge in [0.1, 0.15) is 6.04 Å². The van der Waals surface area contributed by atoms with E-state index in [1.165, 1.54) is 0 Å². The van der Waals surface area contributed by atoms with Crippen molar-refractivity contribution in [3.8, 4) is 5.88 Å². The Morgan fingerprint density at radius 2 is 2.10 bits per heavy atom. The number of nitrogens with zero attached hydrogens (tertiary/aromatic N) is 3.